The van der Waals surface area contributed by atoms with Gasteiger partial charge >= 0.3 is 0 Å². The van der Waals surface area contributed by atoms with E-state index in [0.29, 0.717) is 5.69 Å². The number of thioether (sulfide) groups is 1. The summed E-state index contributed by atoms with van der Waals surface area (Å²) in [6.45, 7) is 7.28. The van der Waals surface area contributed by atoms with Crippen molar-refractivity contribution in [2.75, 3.05) is 6.54 Å². The van der Waals surface area contributed by atoms with Crippen LogP contribution in [0.5, 0.6) is 0 Å². The summed E-state index contributed by atoms with van der Waals surface area (Å²) >= 11 is 1.83. The van der Waals surface area contributed by atoms with Gasteiger partial charge in [-0.3, -0.25) is 4.79 Å². The molecule has 0 unspecified atom stereocenters. The van der Waals surface area contributed by atoms with E-state index in [4.69, 9.17) is 0 Å². The van der Waals surface area contributed by atoms with Gasteiger partial charge < -0.3 is 10.3 Å². The van der Waals surface area contributed by atoms with E-state index in [1.807, 2.05) is 11.8 Å². The van der Waals surface area contributed by atoms with Gasteiger partial charge in [0.25, 0.3) is 5.91 Å². The van der Waals surface area contributed by atoms with Crippen LogP contribution < -0.4 is 5.32 Å². The molecule has 1 amide bonds. The summed E-state index contributed by atoms with van der Waals surface area (Å²) in [5.41, 5.74) is 1.58. The van der Waals surface area contributed by atoms with Crippen LogP contribution in [-0.2, 0) is 12.2 Å². The lowest BCUT2D eigenvalue weighted by molar-refractivity contribution is 0.0951. The highest BCUT2D eigenvalue weighted by Crippen LogP contribution is 2.26. The van der Waals surface area contributed by atoms with Gasteiger partial charge in [-0.05, 0) is 12.8 Å². The van der Waals surface area contributed by atoms with E-state index >= 15 is 0 Å². The first-order valence-electron chi connectivity index (χ1n) is 5.95. The predicted octanol–water partition coefficient (Wildman–Crippen LogP) is 2.12. The number of hydrogen-bond acceptors (Lipinski definition) is 3. The van der Waals surface area contributed by atoms with E-state index < -0.39 is 0 Å². The van der Waals surface area contributed by atoms with Crippen LogP contribution in [0.1, 0.15) is 49.2 Å². The molecule has 0 radical (unpaired) electrons. The average Bonchev–Trinajstić information content (AvgIpc) is 2.57. The largest absolute Gasteiger partial charge is 0.351 e. The van der Waals surface area contributed by atoms with Crippen LogP contribution in [-0.4, -0.2) is 27.2 Å². The molecule has 0 aromatic carbocycles. The second-order valence-electron chi connectivity index (χ2n) is 5.27. The standard InChI is InChI=1S/C12H19N3OS/c1-12(2,3)17-7-9-14-8-5-4-6-13-11(16)10(8)15-9/h4-7H2,1-3H3,(H,13,16)(H,14,15). The number of aromatic amines is 1. The van der Waals surface area contributed by atoms with Crippen molar-refractivity contribution >= 4 is 17.7 Å². The fourth-order valence-corrected chi connectivity index (χ4v) is 2.44. The third-order valence-corrected chi connectivity index (χ3v) is 3.86. The molecule has 2 rings (SSSR count). The number of carbonyl (C=O) groups is 1. The number of fused-ring (bicyclic) bond motifs is 1. The molecule has 0 saturated carbocycles. The SMILES string of the molecule is CC(C)(C)SCc1nc2c([nH]1)CCCNC2=O. The van der Waals surface area contributed by atoms with Gasteiger partial charge in [-0.1, -0.05) is 20.8 Å². The van der Waals surface area contributed by atoms with E-state index in [-0.39, 0.29) is 10.7 Å². The molecule has 0 saturated heterocycles. The summed E-state index contributed by atoms with van der Waals surface area (Å²) in [6.07, 6.45) is 1.88. The number of carbonyl (C=O) groups excluding carboxylic acids is 1. The molecule has 1 aromatic heterocycles. The lowest BCUT2D eigenvalue weighted by Crippen LogP contribution is -2.23. The van der Waals surface area contributed by atoms with E-state index in [1.54, 1.807) is 0 Å². The van der Waals surface area contributed by atoms with Gasteiger partial charge in [0.15, 0.2) is 0 Å². The molecule has 1 aliphatic rings. The topological polar surface area (TPSA) is 57.8 Å². The molecule has 1 aliphatic heterocycles. The lowest BCUT2D eigenvalue weighted by atomic mass is 10.2. The summed E-state index contributed by atoms with van der Waals surface area (Å²) in [4.78, 5) is 19.4. The quantitative estimate of drug-likeness (QED) is 0.848. The normalized spacial score (nSPS) is 16.3. The number of H-pyrrole nitrogens is 1. The van der Waals surface area contributed by atoms with Crippen LogP contribution >= 0.6 is 11.8 Å². The Kier molecular flexibility index (Phi) is 3.47. The smallest absolute Gasteiger partial charge is 0.271 e. The number of nitrogens with one attached hydrogen (secondary N) is 2. The summed E-state index contributed by atoms with van der Waals surface area (Å²) in [6, 6.07) is 0. The summed E-state index contributed by atoms with van der Waals surface area (Å²) in [5, 5.41) is 2.86. The van der Waals surface area contributed by atoms with E-state index in [9.17, 15) is 4.79 Å². The molecule has 0 spiro atoms. The average molecular weight is 253 g/mol. The molecule has 0 atom stereocenters. The molecular formula is C12H19N3OS. The Morgan fingerprint density at radius 3 is 2.88 bits per heavy atom. The predicted molar refractivity (Wildman–Crippen MR) is 70.3 cm³/mol. The van der Waals surface area contributed by atoms with Crippen molar-refractivity contribution in [3.8, 4) is 0 Å². The molecule has 94 valence electrons. The van der Waals surface area contributed by atoms with Crippen molar-refractivity contribution in [3.63, 3.8) is 0 Å². The van der Waals surface area contributed by atoms with Crippen molar-refractivity contribution in [1.82, 2.24) is 15.3 Å². The lowest BCUT2D eigenvalue weighted by Gasteiger charge is -2.16. The number of amides is 1. The van der Waals surface area contributed by atoms with Crippen LogP contribution in [0.15, 0.2) is 0 Å². The van der Waals surface area contributed by atoms with Crippen LogP contribution in [0.25, 0.3) is 0 Å². The minimum atomic E-state index is -0.0410. The Bertz CT molecular complexity index is 420. The molecule has 5 heteroatoms. The molecule has 0 bridgehead atoms. The van der Waals surface area contributed by atoms with Crippen LogP contribution in [0, 0.1) is 0 Å². The zero-order valence-corrected chi connectivity index (χ0v) is 11.4. The number of rotatable bonds is 2. The molecule has 4 nitrogen and oxygen atoms in total. The van der Waals surface area contributed by atoms with Gasteiger partial charge in [0.1, 0.15) is 11.5 Å². The maximum absolute atomic E-state index is 11.7. The van der Waals surface area contributed by atoms with Crippen molar-refractivity contribution in [2.45, 2.75) is 44.1 Å². The third kappa shape index (κ3) is 3.25. The highest BCUT2D eigenvalue weighted by Gasteiger charge is 2.20. The fraction of sp³-hybridized carbons (Fsp3) is 0.667. The van der Waals surface area contributed by atoms with Gasteiger partial charge in [0.2, 0.25) is 0 Å². The Hall–Kier alpha value is -0.970. The van der Waals surface area contributed by atoms with Crippen LogP contribution in [0.3, 0.4) is 0 Å². The molecule has 2 N–H and O–H groups in total. The Labute approximate surface area is 106 Å². The minimum absolute atomic E-state index is 0.0410. The Balaban J connectivity index is 2.11. The first-order valence-corrected chi connectivity index (χ1v) is 6.94. The van der Waals surface area contributed by atoms with Crippen molar-refractivity contribution in [3.05, 3.63) is 17.2 Å². The number of aryl methyl sites for hydroxylation is 1. The second kappa shape index (κ2) is 4.72. The monoisotopic (exact) mass is 253 g/mol. The van der Waals surface area contributed by atoms with E-state index in [0.717, 1.165) is 36.7 Å². The van der Waals surface area contributed by atoms with Gasteiger partial charge in [-0.25, -0.2) is 4.98 Å². The van der Waals surface area contributed by atoms with E-state index in [1.165, 1.54) is 0 Å². The first kappa shape index (κ1) is 12.5. The molecule has 17 heavy (non-hydrogen) atoms. The van der Waals surface area contributed by atoms with Gasteiger partial charge in [0.05, 0.1) is 5.75 Å². The van der Waals surface area contributed by atoms with Gasteiger partial charge in [0, 0.05) is 17.0 Å². The first-order chi connectivity index (χ1) is 7.96. The molecule has 0 fully saturated rings. The highest BCUT2D eigenvalue weighted by molar-refractivity contribution is 7.99. The molecule has 1 aromatic rings. The molecule has 0 aliphatic carbocycles. The number of aromatic nitrogens is 2. The number of imidazole rings is 1. The number of nitrogens with zero attached hydrogens (tertiary/aromatic N) is 1. The van der Waals surface area contributed by atoms with Crippen LogP contribution in [0.2, 0.25) is 0 Å². The minimum Gasteiger partial charge on any atom is -0.351 e. The van der Waals surface area contributed by atoms with Crippen LogP contribution in [0.4, 0.5) is 0 Å². The Morgan fingerprint density at radius 2 is 2.18 bits per heavy atom. The van der Waals surface area contributed by atoms with Crippen molar-refractivity contribution < 1.29 is 4.79 Å². The van der Waals surface area contributed by atoms with Gasteiger partial charge in [-0.2, -0.15) is 0 Å². The fourth-order valence-electron chi connectivity index (χ4n) is 1.74. The summed E-state index contributed by atoms with van der Waals surface area (Å²) in [7, 11) is 0. The maximum atomic E-state index is 11.7. The van der Waals surface area contributed by atoms with Crippen molar-refractivity contribution in [2.24, 2.45) is 0 Å². The third-order valence-electron chi connectivity index (χ3n) is 2.57. The maximum Gasteiger partial charge on any atom is 0.271 e. The second-order valence-corrected chi connectivity index (χ2v) is 7.07. The molecule has 2 heterocycles. The van der Waals surface area contributed by atoms with E-state index in [2.05, 4.69) is 36.1 Å². The summed E-state index contributed by atoms with van der Waals surface area (Å²) < 4.78 is 0.215. The molecular weight excluding hydrogens is 234 g/mol. The summed E-state index contributed by atoms with van der Waals surface area (Å²) in [5.74, 6) is 1.69. The highest BCUT2D eigenvalue weighted by atomic mass is 32.2. The van der Waals surface area contributed by atoms with Crippen molar-refractivity contribution in [1.29, 1.82) is 0 Å². The van der Waals surface area contributed by atoms with Gasteiger partial charge in [-0.15, -0.1) is 11.8 Å². The zero-order valence-electron chi connectivity index (χ0n) is 10.6. The zero-order chi connectivity index (χ0) is 12.5. The Morgan fingerprint density at radius 1 is 1.41 bits per heavy atom. The number of hydrogen-bond donors (Lipinski definition) is 2.